The number of phosphoric ester groups is 1. The predicted molar refractivity (Wildman–Crippen MR) is 225 cm³/mol. The van der Waals surface area contributed by atoms with Crippen LogP contribution < -0.4 is 0 Å². The number of carbonyl (C=O) groups is 2. The van der Waals surface area contributed by atoms with Crippen molar-refractivity contribution in [1.29, 1.82) is 0 Å². The third kappa shape index (κ3) is 35.4. The maximum absolute atomic E-state index is 12.8. The predicted octanol–water partition coefficient (Wildman–Crippen LogP) is 12.8. The first-order valence-corrected chi connectivity index (χ1v) is 24.4. The summed E-state index contributed by atoms with van der Waals surface area (Å²) in [6.45, 7) is 10.7. The summed E-state index contributed by atoms with van der Waals surface area (Å²) in [4.78, 5) is 35.7. The molecule has 0 amide bonds. The number of quaternary nitrogens is 1. The van der Waals surface area contributed by atoms with Crippen molar-refractivity contribution < 1.29 is 42.1 Å². The highest BCUT2D eigenvalue weighted by atomic mass is 31.2. The third-order valence-corrected chi connectivity index (χ3v) is 11.5. The lowest BCUT2D eigenvalue weighted by Crippen LogP contribution is -2.47. The highest BCUT2D eigenvalue weighted by Crippen LogP contribution is 2.43. The number of unbranched alkanes of at least 4 members (excludes halogenated alkanes) is 24. The minimum atomic E-state index is -4.40. The summed E-state index contributed by atoms with van der Waals surface area (Å²) < 4.78 is 35.2. The fourth-order valence-electron chi connectivity index (χ4n) is 7.20. The van der Waals surface area contributed by atoms with Crippen LogP contribution in [0.4, 0.5) is 0 Å². The Morgan fingerprint density at radius 2 is 0.870 bits per heavy atom. The smallest absolute Gasteiger partial charge is 0.462 e. The van der Waals surface area contributed by atoms with Crippen LogP contribution in [0, 0.1) is 0 Å². The summed E-state index contributed by atoms with van der Waals surface area (Å²) in [6.07, 6.45) is 33.4. The molecule has 322 valence electrons. The molecule has 0 aliphatic carbocycles. The van der Waals surface area contributed by atoms with E-state index < -0.39 is 19.9 Å². The van der Waals surface area contributed by atoms with Crippen LogP contribution in [0.15, 0.2) is 0 Å². The number of likely N-dealkylation sites (N-methyl/N-ethyl adjacent to an activating group) is 1. The average molecular weight is 791 g/mol. The van der Waals surface area contributed by atoms with E-state index in [0.29, 0.717) is 13.0 Å². The second-order valence-corrected chi connectivity index (χ2v) is 17.6. The molecule has 0 spiro atoms. The maximum atomic E-state index is 12.8. The fraction of sp³-hybridized carbons (Fsp3) is 0.955. The molecule has 2 atom stereocenters. The molecule has 0 saturated heterocycles. The van der Waals surface area contributed by atoms with Gasteiger partial charge in [0.15, 0.2) is 6.10 Å². The standard InChI is InChI=1S/C44H88NO8P/c1-6-10-12-14-16-18-20-22-24-26-28-30-32-34-43(46)50-40-42(41-52-54(48,49)51-39-38-45(5,36-8-3)37-9-4)53-44(47)35-33-31-29-27-25-23-21-19-17-15-13-11-7-2/h42H,6-41H2,1-5H3/p+1. The summed E-state index contributed by atoms with van der Waals surface area (Å²) in [7, 11) is -2.27. The summed E-state index contributed by atoms with van der Waals surface area (Å²) in [5, 5.41) is 0. The van der Waals surface area contributed by atoms with E-state index in [1.54, 1.807) is 0 Å². The van der Waals surface area contributed by atoms with E-state index in [-0.39, 0.29) is 32.2 Å². The lowest BCUT2D eigenvalue weighted by Gasteiger charge is -2.34. The van der Waals surface area contributed by atoms with Gasteiger partial charge in [-0.2, -0.15) is 0 Å². The first kappa shape index (κ1) is 53.0. The zero-order chi connectivity index (χ0) is 40.0. The van der Waals surface area contributed by atoms with Crippen molar-refractivity contribution in [3.8, 4) is 0 Å². The average Bonchev–Trinajstić information content (AvgIpc) is 3.13. The first-order valence-electron chi connectivity index (χ1n) is 22.9. The fourth-order valence-corrected chi connectivity index (χ4v) is 7.94. The number of phosphoric acid groups is 1. The SMILES string of the molecule is CCCCCCCCCCCCCCCC(=O)OCC(COP(=O)(O)OCC[N+](C)(CCC)CCC)OC(=O)CCCCCCCCCCCCCCC. The van der Waals surface area contributed by atoms with Gasteiger partial charge >= 0.3 is 19.8 Å². The van der Waals surface area contributed by atoms with Crippen LogP contribution in [0.1, 0.15) is 220 Å². The topological polar surface area (TPSA) is 108 Å². The molecule has 0 aromatic carbocycles. The molecule has 0 aromatic rings. The second-order valence-electron chi connectivity index (χ2n) is 16.2. The Kier molecular flexibility index (Phi) is 36.9. The Morgan fingerprint density at radius 1 is 0.500 bits per heavy atom. The number of carbonyl (C=O) groups excluding carboxylic acids is 2. The molecule has 0 rings (SSSR count). The molecule has 0 aromatic heterocycles. The van der Waals surface area contributed by atoms with Crippen LogP contribution in [0.2, 0.25) is 0 Å². The van der Waals surface area contributed by atoms with Crippen LogP contribution in [0.5, 0.6) is 0 Å². The molecule has 0 aliphatic heterocycles. The lowest BCUT2D eigenvalue weighted by molar-refractivity contribution is -0.909. The number of nitrogens with zero attached hydrogens (tertiary/aromatic N) is 1. The van der Waals surface area contributed by atoms with Gasteiger partial charge in [-0.25, -0.2) is 4.57 Å². The number of hydrogen-bond donors (Lipinski definition) is 1. The quantitative estimate of drug-likeness (QED) is 0.0282. The molecule has 54 heavy (non-hydrogen) atoms. The number of esters is 2. The Bertz CT molecular complexity index is 898. The molecule has 10 heteroatoms. The molecular weight excluding hydrogens is 701 g/mol. The lowest BCUT2D eigenvalue weighted by atomic mass is 10.0. The Balaban J connectivity index is 4.58. The molecule has 0 radical (unpaired) electrons. The number of ether oxygens (including phenoxy) is 2. The van der Waals surface area contributed by atoms with Gasteiger partial charge in [0.2, 0.25) is 0 Å². The minimum absolute atomic E-state index is 0.0713. The van der Waals surface area contributed by atoms with Crippen molar-refractivity contribution in [2.45, 2.75) is 226 Å². The van der Waals surface area contributed by atoms with Gasteiger partial charge in [0, 0.05) is 12.8 Å². The second kappa shape index (κ2) is 37.6. The molecule has 0 aliphatic rings. The summed E-state index contributed by atoms with van der Waals surface area (Å²) in [6, 6.07) is 0. The van der Waals surface area contributed by atoms with E-state index >= 15 is 0 Å². The number of hydrogen-bond acceptors (Lipinski definition) is 7. The van der Waals surface area contributed by atoms with E-state index in [0.717, 1.165) is 68.9 Å². The summed E-state index contributed by atoms with van der Waals surface area (Å²) >= 11 is 0. The maximum Gasteiger partial charge on any atom is 0.472 e. The van der Waals surface area contributed by atoms with Crippen LogP contribution in [-0.2, 0) is 32.7 Å². The monoisotopic (exact) mass is 791 g/mol. The van der Waals surface area contributed by atoms with Gasteiger partial charge in [-0.15, -0.1) is 0 Å². The first-order chi connectivity index (χ1) is 26.1. The van der Waals surface area contributed by atoms with E-state index in [1.165, 1.54) is 128 Å². The summed E-state index contributed by atoms with van der Waals surface area (Å²) in [5.41, 5.74) is 0. The third-order valence-electron chi connectivity index (χ3n) is 10.5. The Morgan fingerprint density at radius 3 is 1.26 bits per heavy atom. The largest absolute Gasteiger partial charge is 0.472 e. The van der Waals surface area contributed by atoms with Gasteiger partial charge in [-0.05, 0) is 25.7 Å². The Hall–Kier alpha value is -0.990. The summed E-state index contributed by atoms with van der Waals surface area (Å²) in [5.74, 6) is -0.775. The van der Waals surface area contributed by atoms with Crippen molar-refractivity contribution in [1.82, 2.24) is 0 Å². The highest BCUT2D eigenvalue weighted by molar-refractivity contribution is 7.47. The zero-order valence-electron chi connectivity index (χ0n) is 36.2. The Labute approximate surface area is 334 Å². The molecule has 1 N–H and O–H groups in total. The van der Waals surface area contributed by atoms with E-state index in [9.17, 15) is 19.0 Å². The van der Waals surface area contributed by atoms with Crippen molar-refractivity contribution in [2.75, 3.05) is 46.5 Å². The molecule has 9 nitrogen and oxygen atoms in total. The van der Waals surface area contributed by atoms with Gasteiger partial charge in [0.1, 0.15) is 19.8 Å². The van der Waals surface area contributed by atoms with E-state index in [2.05, 4.69) is 34.7 Å². The molecule has 0 bridgehead atoms. The van der Waals surface area contributed by atoms with Crippen molar-refractivity contribution in [3.63, 3.8) is 0 Å². The van der Waals surface area contributed by atoms with Gasteiger partial charge in [0.25, 0.3) is 0 Å². The highest BCUT2D eigenvalue weighted by Gasteiger charge is 2.28. The molecular formula is C44H89NO8P+. The molecule has 0 saturated carbocycles. The minimum Gasteiger partial charge on any atom is -0.462 e. The molecule has 2 unspecified atom stereocenters. The zero-order valence-corrected chi connectivity index (χ0v) is 37.1. The number of rotatable bonds is 42. The van der Waals surface area contributed by atoms with E-state index in [1.807, 2.05) is 0 Å². The van der Waals surface area contributed by atoms with Crippen LogP contribution in [0.25, 0.3) is 0 Å². The van der Waals surface area contributed by atoms with Gasteiger partial charge in [-0.1, -0.05) is 182 Å². The van der Waals surface area contributed by atoms with Crippen LogP contribution in [0.3, 0.4) is 0 Å². The van der Waals surface area contributed by atoms with Gasteiger partial charge < -0.3 is 18.9 Å². The van der Waals surface area contributed by atoms with Crippen molar-refractivity contribution in [3.05, 3.63) is 0 Å². The van der Waals surface area contributed by atoms with Crippen molar-refractivity contribution >= 4 is 19.8 Å². The van der Waals surface area contributed by atoms with Gasteiger partial charge in [0.05, 0.1) is 26.7 Å². The normalized spacial score (nSPS) is 13.5. The molecule has 0 fully saturated rings. The molecule has 0 heterocycles. The van der Waals surface area contributed by atoms with Gasteiger partial charge in [-0.3, -0.25) is 18.6 Å². The van der Waals surface area contributed by atoms with E-state index in [4.69, 9.17) is 18.5 Å². The van der Waals surface area contributed by atoms with Crippen LogP contribution >= 0.6 is 7.82 Å². The van der Waals surface area contributed by atoms with Crippen LogP contribution in [-0.4, -0.2) is 73.9 Å². The van der Waals surface area contributed by atoms with Crippen molar-refractivity contribution in [2.24, 2.45) is 0 Å².